The van der Waals surface area contributed by atoms with Gasteiger partial charge in [-0.3, -0.25) is 4.57 Å². The zero-order valence-corrected chi connectivity index (χ0v) is 31.0. The quantitative estimate of drug-likeness (QED) is 0.178. The maximum Gasteiger partial charge on any atom is 0.182 e. The van der Waals surface area contributed by atoms with Crippen molar-refractivity contribution in [3.05, 3.63) is 163 Å². The van der Waals surface area contributed by atoms with Crippen LogP contribution in [0.15, 0.2) is 158 Å². The van der Waals surface area contributed by atoms with Gasteiger partial charge >= 0.3 is 0 Å². The normalized spacial score (nSPS) is 12.0. The molecule has 258 valence electrons. The van der Waals surface area contributed by atoms with Crippen molar-refractivity contribution in [2.45, 2.75) is 26.2 Å². The van der Waals surface area contributed by atoms with Gasteiger partial charge in [-0.05, 0) is 64.6 Å². The van der Waals surface area contributed by atoms with Crippen LogP contribution in [0.1, 0.15) is 26.3 Å². The summed E-state index contributed by atoms with van der Waals surface area (Å²) in [6.45, 7) is 6.66. The van der Waals surface area contributed by atoms with E-state index in [1.807, 2.05) is 53.8 Å². The van der Waals surface area contributed by atoms with Gasteiger partial charge < -0.3 is 0 Å². The van der Waals surface area contributed by atoms with Crippen molar-refractivity contribution in [1.29, 1.82) is 0 Å². The van der Waals surface area contributed by atoms with Gasteiger partial charge in [0.2, 0.25) is 0 Å². The predicted molar refractivity (Wildman–Crippen MR) is 225 cm³/mol. The van der Waals surface area contributed by atoms with Crippen LogP contribution < -0.4 is 0 Å². The minimum absolute atomic E-state index is 0.0441. The summed E-state index contributed by atoms with van der Waals surface area (Å²) in [5.74, 6) is 2.55. The van der Waals surface area contributed by atoms with Gasteiger partial charge in [0.05, 0.1) is 11.0 Å². The number of thiophene rings is 1. The predicted octanol–water partition coefficient (Wildman–Crippen LogP) is 12.7. The molecule has 0 amide bonds. The Morgan fingerprint density at radius 1 is 0.426 bits per heavy atom. The van der Waals surface area contributed by atoms with Crippen LogP contribution in [-0.4, -0.2) is 24.5 Å². The fourth-order valence-corrected chi connectivity index (χ4v) is 8.52. The van der Waals surface area contributed by atoms with Crippen LogP contribution in [0.2, 0.25) is 0 Å². The van der Waals surface area contributed by atoms with Gasteiger partial charge in [-0.15, -0.1) is 11.3 Å². The number of pyridine rings is 1. The average Bonchev–Trinajstić information content (AvgIpc) is 3.76. The van der Waals surface area contributed by atoms with Gasteiger partial charge in [-0.2, -0.15) is 0 Å². The maximum absolute atomic E-state index is 5.28. The zero-order chi connectivity index (χ0) is 36.4. The third kappa shape index (κ3) is 5.54. The fraction of sp³-hybridized carbons (Fsp3) is 0.0833. The second kappa shape index (κ2) is 12.6. The number of benzene rings is 6. The number of para-hydroxylation sites is 1. The van der Waals surface area contributed by atoms with E-state index >= 15 is 0 Å². The lowest BCUT2D eigenvalue weighted by molar-refractivity contribution is 0.590. The van der Waals surface area contributed by atoms with Crippen molar-refractivity contribution in [2.75, 3.05) is 0 Å². The third-order valence-corrected chi connectivity index (χ3v) is 11.4. The summed E-state index contributed by atoms with van der Waals surface area (Å²) in [5.41, 5.74) is 8.37. The summed E-state index contributed by atoms with van der Waals surface area (Å²) >= 11 is 1.84. The Hall–Kier alpha value is -6.50. The summed E-state index contributed by atoms with van der Waals surface area (Å²) < 4.78 is 4.88. The van der Waals surface area contributed by atoms with Crippen LogP contribution in [0.5, 0.6) is 0 Å². The summed E-state index contributed by atoms with van der Waals surface area (Å²) in [6.07, 6.45) is 0. The molecule has 0 aliphatic heterocycles. The van der Waals surface area contributed by atoms with E-state index in [2.05, 4.69) is 141 Å². The number of aromatic nitrogens is 5. The molecule has 54 heavy (non-hydrogen) atoms. The highest BCUT2D eigenvalue weighted by molar-refractivity contribution is 7.25. The van der Waals surface area contributed by atoms with E-state index < -0.39 is 0 Å². The molecule has 0 N–H and O–H groups in total. The molecule has 0 saturated carbocycles. The first-order valence-electron chi connectivity index (χ1n) is 18.2. The van der Waals surface area contributed by atoms with Gasteiger partial charge in [-0.1, -0.05) is 136 Å². The molecule has 0 atom stereocenters. The molecule has 0 bridgehead atoms. The Balaban J connectivity index is 1.13. The molecule has 10 rings (SSSR count). The van der Waals surface area contributed by atoms with Crippen LogP contribution >= 0.6 is 11.3 Å². The highest BCUT2D eigenvalue weighted by Gasteiger charge is 2.19. The molecule has 0 aliphatic rings. The summed E-state index contributed by atoms with van der Waals surface area (Å²) in [6, 6.07) is 55.5. The molecule has 6 heteroatoms. The van der Waals surface area contributed by atoms with E-state index in [4.69, 9.17) is 19.9 Å². The highest BCUT2D eigenvalue weighted by Crippen LogP contribution is 2.39. The Morgan fingerprint density at radius 3 is 1.83 bits per heavy atom. The number of hydrogen-bond donors (Lipinski definition) is 0. The van der Waals surface area contributed by atoms with Crippen LogP contribution in [0.25, 0.3) is 93.2 Å². The molecule has 0 saturated heterocycles. The molecular formula is C48H35N5S. The SMILES string of the molecule is CC(C)(C)c1ccc(-c2nc(-c3ccccc3)nc(-c3cccc(-n4c5ccccc5c5ccc(-c6ccc7sc8ccccc8c7c6)cc54)n3)n2)cc1. The Kier molecular flexibility index (Phi) is 7.49. The fourth-order valence-electron chi connectivity index (χ4n) is 7.43. The minimum Gasteiger partial charge on any atom is -0.294 e. The van der Waals surface area contributed by atoms with E-state index in [1.165, 1.54) is 42.1 Å². The van der Waals surface area contributed by atoms with Gasteiger partial charge in [0.15, 0.2) is 17.5 Å². The van der Waals surface area contributed by atoms with Gasteiger partial charge in [0.1, 0.15) is 11.5 Å². The van der Waals surface area contributed by atoms with Crippen molar-refractivity contribution < 1.29 is 0 Å². The van der Waals surface area contributed by atoms with Crippen molar-refractivity contribution in [3.63, 3.8) is 0 Å². The molecule has 10 aromatic rings. The lowest BCUT2D eigenvalue weighted by Gasteiger charge is -2.19. The average molecular weight is 714 g/mol. The topological polar surface area (TPSA) is 56.5 Å². The van der Waals surface area contributed by atoms with E-state index in [1.54, 1.807) is 0 Å². The van der Waals surface area contributed by atoms with Gasteiger partial charge in [-0.25, -0.2) is 19.9 Å². The molecule has 0 unspecified atom stereocenters. The molecule has 0 radical (unpaired) electrons. The Labute approximate surface area is 317 Å². The van der Waals surface area contributed by atoms with Crippen molar-refractivity contribution in [1.82, 2.24) is 24.5 Å². The molecule has 0 fully saturated rings. The standard InChI is InChI=1S/C48H35N5S/c1-48(2,3)34-24-20-31(21-25-34)46-50-45(30-12-5-4-6-13-30)51-47(52-46)39-16-11-19-44(49-39)53-40-17-9-7-14-35(40)36-26-22-33(29-41(36)53)32-23-27-43-38(28-32)37-15-8-10-18-42(37)54-43/h4-29H,1-3H3. The van der Waals surface area contributed by atoms with Crippen molar-refractivity contribution >= 4 is 53.3 Å². The van der Waals surface area contributed by atoms with E-state index in [0.717, 1.165) is 33.5 Å². The van der Waals surface area contributed by atoms with E-state index in [0.29, 0.717) is 23.2 Å². The summed E-state index contributed by atoms with van der Waals surface area (Å²) in [4.78, 5) is 20.3. The highest BCUT2D eigenvalue weighted by atomic mass is 32.1. The first-order chi connectivity index (χ1) is 26.4. The van der Waals surface area contributed by atoms with Crippen molar-refractivity contribution in [2.24, 2.45) is 0 Å². The third-order valence-electron chi connectivity index (χ3n) is 10.3. The molecule has 0 spiro atoms. The number of rotatable bonds is 5. The monoisotopic (exact) mass is 713 g/mol. The van der Waals surface area contributed by atoms with Crippen LogP contribution in [0, 0.1) is 0 Å². The smallest absolute Gasteiger partial charge is 0.182 e. The lowest BCUT2D eigenvalue weighted by atomic mass is 9.87. The first kappa shape index (κ1) is 32.2. The van der Waals surface area contributed by atoms with Crippen LogP contribution in [0.3, 0.4) is 0 Å². The number of hydrogen-bond acceptors (Lipinski definition) is 5. The molecule has 0 aliphatic carbocycles. The summed E-state index contributed by atoms with van der Waals surface area (Å²) in [7, 11) is 0. The van der Waals surface area contributed by atoms with Crippen molar-refractivity contribution in [3.8, 4) is 51.2 Å². The van der Waals surface area contributed by atoms with E-state index in [9.17, 15) is 0 Å². The van der Waals surface area contributed by atoms with Crippen LogP contribution in [0.4, 0.5) is 0 Å². The lowest BCUT2D eigenvalue weighted by Crippen LogP contribution is -2.10. The second-order valence-corrected chi connectivity index (χ2v) is 15.9. The Bertz CT molecular complexity index is 3020. The molecule has 4 heterocycles. The minimum atomic E-state index is 0.0441. The summed E-state index contributed by atoms with van der Waals surface area (Å²) in [5, 5.41) is 4.95. The molecule has 4 aromatic heterocycles. The first-order valence-corrected chi connectivity index (χ1v) is 19.0. The maximum atomic E-state index is 5.28. The Morgan fingerprint density at radius 2 is 1.04 bits per heavy atom. The molecular weight excluding hydrogens is 679 g/mol. The van der Waals surface area contributed by atoms with Gasteiger partial charge in [0, 0.05) is 42.1 Å². The zero-order valence-electron chi connectivity index (χ0n) is 30.2. The second-order valence-electron chi connectivity index (χ2n) is 14.8. The van der Waals surface area contributed by atoms with Gasteiger partial charge in [0.25, 0.3) is 0 Å². The largest absolute Gasteiger partial charge is 0.294 e. The molecule has 5 nitrogen and oxygen atoms in total. The van der Waals surface area contributed by atoms with E-state index in [-0.39, 0.29) is 5.41 Å². The number of nitrogens with zero attached hydrogens (tertiary/aromatic N) is 5. The number of fused-ring (bicyclic) bond motifs is 6. The molecule has 6 aromatic carbocycles. The van der Waals surface area contributed by atoms with Crippen LogP contribution in [-0.2, 0) is 5.41 Å².